The van der Waals surface area contributed by atoms with Gasteiger partial charge in [0.05, 0.1) is 35.8 Å². The van der Waals surface area contributed by atoms with E-state index in [0.717, 1.165) is 12.8 Å². The average Bonchev–Trinajstić information content (AvgIpc) is 3.42. The molecule has 2 bridgehead atoms. The molecule has 0 aliphatic carbocycles. The van der Waals surface area contributed by atoms with Crippen molar-refractivity contribution < 1.29 is 24.2 Å². The molecule has 2 amide bonds. The number of hydrogen-bond donors (Lipinski definition) is 1. The monoisotopic (exact) mass is 492 g/mol. The number of carbonyl (C=O) groups is 3. The predicted molar refractivity (Wildman–Crippen MR) is 134 cm³/mol. The summed E-state index contributed by atoms with van der Waals surface area (Å²) < 4.78 is 4.91. The lowest BCUT2D eigenvalue weighted by Gasteiger charge is -2.43. The number of likely N-dealkylation sites (tertiary alicyclic amines) is 1. The quantitative estimate of drug-likeness (QED) is 0.271. The number of carbonyl (C=O) groups excluding carboxylic acids is 3. The van der Waals surface area contributed by atoms with Crippen LogP contribution in [0.5, 0.6) is 0 Å². The second-order valence-corrected chi connectivity index (χ2v) is 12.2. The molecule has 0 aromatic heterocycles. The molecule has 3 heterocycles. The molecule has 1 N–H and O–H groups in total. The second kappa shape index (κ2) is 10.4. The Balaban J connectivity index is 2.01. The lowest BCUT2D eigenvalue weighted by Crippen LogP contribution is -2.60. The zero-order valence-corrected chi connectivity index (χ0v) is 21.8. The van der Waals surface area contributed by atoms with Gasteiger partial charge in [-0.15, -0.1) is 24.9 Å². The molecule has 3 rings (SSSR count). The summed E-state index contributed by atoms with van der Waals surface area (Å²) in [5.41, 5.74) is -0.472. The van der Waals surface area contributed by atoms with Crippen LogP contribution in [0.3, 0.4) is 0 Å². The summed E-state index contributed by atoms with van der Waals surface area (Å²) in [4.78, 5) is 44.7. The van der Waals surface area contributed by atoms with E-state index in [4.69, 9.17) is 4.74 Å². The minimum absolute atomic E-state index is 0.0324. The van der Waals surface area contributed by atoms with Crippen LogP contribution in [0.4, 0.5) is 0 Å². The Kier molecular flexibility index (Phi) is 8.23. The number of hydrogen-bond acceptors (Lipinski definition) is 6. The number of amides is 2. The van der Waals surface area contributed by atoms with E-state index in [-0.39, 0.29) is 29.6 Å². The van der Waals surface area contributed by atoms with Gasteiger partial charge in [0, 0.05) is 17.3 Å². The third kappa shape index (κ3) is 4.43. The first-order valence-electron chi connectivity index (χ1n) is 12.4. The van der Waals surface area contributed by atoms with Crippen molar-refractivity contribution in [1.29, 1.82) is 0 Å². The normalized spacial score (nSPS) is 30.7. The number of thioether (sulfide) groups is 1. The first-order valence-corrected chi connectivity index (χ1v) is 13.3. The minimum Gasteiger partial charge on any atom is -0.465 e. The molecule has 3 fully saturated rings. The number of aliphatic hydroxyl groups is 1. The van der Waals surface area contributed by atoms with Crippen LogP contribution in [0.25, 0.3) is 0 Å². The molecule has 2 unspecified atom stereocenters. The van der Waals surface area contributed by atoms with Gasteiger partial charge in [-0.05, 0) is 52.9 Å². The van der Waals surface area contributed by atoms with Gasteiger partial charge in [0.1, 0.15) is 6.04 Å². The van der Waals surface area contributed by atoms with Crippen LogP contribution in [-0.4, -0.2) is 80.1 Å². The summed E-state index contributed by atoms with van der Waals surface area (Å²) in [6.07, 6.45) is 6.93. The van der Waals surface area contributed by atoms with E-state index in [1.54, 1.807) is 33.7 Å². The van der Waals surface area contributed by atoms with Gasteiger partial charge in [0.25, 0.3) is 0 Å². The lowest BCUT2D eigenvalue weighted by molar-refractivity contribution is -0.154. The van der Waals surface area contributed by atoms with Crippen LogP contribution in [0.15, 0.2) is 25.3 Å². The number of aliphatic hydroxyl groups excluding tert-OH is 1. The smallest absolute Gasteiger partial charge is 0.310 e. The van der Waals surface area contributed by atoms with Crippen molar-refractivity contribution in [2.45, 2.75) is 87.4 Å². The van der Waals surface area contributed by atoms with Crippen LogP contribution >= 0.6 is 11.8 Å². The predicted octanol–water partition coefficient (Wildman–Crippen LogP) is 3.17. The van der Waals surface area contributed by atoms with Crippen molar-refractivity contribution >= 4 is 29.5 Å². The molecule has 0 aromatic rings. The molecule has 3 aliphatic rings. The van der Waals surface area contributed by atoms with Crippen LogP contribution in [0.1, 0.15) is 59.8 Å². The van der Waals surface area contributed by atoms with Gasteiger partial charge in [-0.1, -0.05) is 19.1 Å². The Morgan fingerprint density at radius 3 is 2.62 bits per heavy atom. The average molecular weight is 493 g/mol. The van der Waals surface area contributed by atoms with Gasteiger partial charge in [-0.3, -0.25) is 14.4 Å². The van der Waals surface area contributed by atoms with Crippen LogP contribution < -0.4 is 0 Å². The Morgan fingerprint density at radius 2 is 2.06 bits per heavy atom. The molecule has 7 nitrogen and oxygen atoms in total. The molecule has 1 spiro atoms. The van der Waals surface area contributed by atoms with E-state index in [2.05, 4.69) is 13.2 Å². The number of esters is 1. The standard InChI is InChI=1S/C26H40N2O5S/c1-7-10-11-15-33-24(32)19-18-12-13-26(34-18)20(19)22(30)28(17(9-3)16-29)21(26)23(31)27(14-8-2)25(4,5)6/h7-8,17-21,29H,1-2,9-16H2,3-6H3/t17-,18+,19-,20-,21?,26?/m0/s1. The van der Waals surface area contributed by atoms with Gasteiger partial charge in [0.2, 0.25) is 11.8 Å². The van der Waals surface area contributed by atoms with E-state index in [1.165, 1.54) is 0 Å². The van der Waals surface area contributed by atoms with E-state index in [1.807, 2.05) is 27.7 Å². The maximum Gasteiger partial charge on any atom is 0.310 e. The van der Waals surface area contributed by atoms with Crippen LogP contribution in [0, 0.1) is 11.8 Å². The lowest BCUT2D eigenvalue weighted by atomic mass is 9.71. The van der Waals surface area contributed by atoms with Crippen LogP contribution in [-0.2, 0) is 19.1 Å². The Hall–Kier alpha value is -1.80. The highest BCUT2D eigenvalue weighted by Crippen LogP contribution is 2.67. The maximum absolute atomic E-state index is 14.2. The fraction of sp³-hybridized carbons (Fsp3) is 0.731. The van der Waals surface area contributed by atoms with Crippen LogP contribution in [0.2, 0.25) is 0 Å². The third-order valence-electron chi connectivity index (χ3n) is 7.50. The molecule has 34 heavy (non-hydrogen) atoms. The van der Waals surface area contributed by atoms with Crippen molar-refractivity contribution in [2.75, 3.05) is 19.8 Å². The van der Waals surface area contributed by atoms with Gasteiger partial charge < -0.3 is 19.6 Å². The fourth-order valence-electron chi connectivity index (χ4n) is 5.91. The van der Waals surface area contributed by atoms with Gasteiger partial charge in [0.15, 0.2) is 0 Å². The molecule has 8 heteroatoms. The molecule has 3 aliphatic heterocycles. The van der Waals surface area contributed by atoms with E-state index in [9.17, 15) is 19.5 Å². The van der Waals surface area contributed by atoms with Gasteiger partial charge in [-0.2, -0.15) is 0 Å². The maximum atomic E-state index is 14.2. The Bertz CT molecular complexity index is 820. The van der Waals surface area contributed by atoms with Crippen molar-refractivity contribution in [3.63, 3.8) is 0 Å². The van der Waals surface area contributed by atoms with E-state index < -0.39 is 34.2 Å². The summed E-state index contributed by atoms with van der Waals surface area (Å²) in [6, 6.07) is -1.20. The molecule has 0 aromatic carbocycles. The summed E-state index contributed by atoms with van der Waals surface area (Å²) in [6.45, 7) is 15.8. The number of allylic oxidation sites excluding steroid dienone is 1. The number of unbranched alkanes of at least 4 members (excludes halogenated alkanes) is 1. The van der Waals surface area contributed by atoms with Gasteiger partial charge >= 0.3 is 5.97 Å². The molecule has 0 saturated carbocycles. The van der Waals surface area contributed by atoms with E-state index in [0.29, 0.717) is 32.4 Å². The number of fused-ring (bicyclic) bond motifs is 1. The molecule has 190 valence electrons. The first-order chi connectivity index (χ1) is 16.1. The van der Waals surface area contributed by atoms with Gasteiger partial charge in [-0.25, -0.2) is 0 Å². The summed E-state index contributed by atoms with van der Waals surface area (Å²) in [7, 11) is 0. The highest BCUT2D eigenvalue weighted by atomic mass is 32.2. The second-order valence-electron chi connectivity index (χ2n) is 10.6. The van der Waals surface area contributed by atoms with Crippen molar-refractivity contribution in [3.05, 3.63) is 25.3 Å². The molecule has 6 atom stereocenters. The molecule has 0 radical (unpaired) electrons. The zero-order chi connectivity index (χ0) is 25.3. The number of nitrogens with zero attached hydrogens (tertiary/aromatic N) is 2. The molecule has 3 saturated heterocycles. The van der Waals surface area contributed by atoms with Crippen molar-refractivity contribution in [3.8, 4) is 0 Å². The highest BCUT2D eigenvalue weighted by Gasteiger charge is 2.74. The fourth-order valence-corrected chi connectivity index (χ4v) is 8.10. The first kappa shape index (κ1) is 26.8. The Labute approximate surface area is 208 Å². The largest absolute Gasteiger partial charge is 0.465 e. The third-order valence-corrected chi connectivity index (χ3v) is 9.46. The summed E-state index contributed by atoms with van der Waals surface area (Å²) in [5.74, 6) is -1.85. The Morgan fingerprint density at radius 1 is 1.35 bits per heavy atom. The summed E-state index contributed by atoms with van der Waals surface area (Å²) in [5, 5.41) is 10.1. The van der Waals surface area contributed by atoms with Crippen molar-refractivity contribution in [2.24, 2.45) is 11.8 Å². The topological polar surface area (TPSA) is 87.1 Å². The zero-order valence-electron chi connectivity index (χ0n) is 21.0. The number of rotatable bonds is 11. The molecular formula is C26H40N2O5S. The number of ether oxygens (including phenoxy) is 1. The molecular weight excluding hydrogens is 452 g/mol. The highest BCUT2D eigenvalue weighted by molar-refractivity contribution is 8.02. The summed E-state index contributed by atoms with van der Waals surface area (Å²) >= 11 is 1.62. The van der Waals surface area contributed by atoms with Crippen molar-refractivity contribution in [1.82, 2.24) is 9.80 Å². The minimum atomic E-state index is -0.727. The van der Waals surface area contributed by atoms with E-state index >= 15 is 0 Å². The SMILES string of the molecule is C=CCCCOC(=O)[C@@H]1[C@H]2C(=O)N([C@@H](CC)CO)C(C(=O)N(CC=C)C(C)(C)C)C23CC[C@H]1S3.